The lowest BCUT2D eigenvalue weighted by Crippen LogP contribution is -2.40. The average molecular weight is 246 g/mol. The van der Waals surface area contributed by atoms with Gasteiger partial charge in [0.2, 0.25) is 0 Å². The Labute approximate surface area is 88.1 Å². The Morgan fingerprint density at radius 2 is 2.38 bits per heavy atom. The first-order chi connectivity index (χ1) is 6.28. The van der Waals surface area contributed by atoms with Gasteiger partial charge in [0, 0.05) is 25.0 Å². The smallest absolute Gasteiger partial charge is 0.0706 e. The molecule has 0 radical (unpaired) electrons. The van der Waals surface area contributed by atoms with E-state index in [0.717, 1.165) is 30.9 Å². The van der Waals surface area contributed by atoms with Crippen LogP contribution in [0.4, 0.5) is 0 Å². The molecule has 0 aliphatic carbocycles. The second-order valence-corrected chi connectivity index (χ2v) is 4.70. The molecule has 0 N–H and O–H groups in total. The summed E-state index contributed by atoms with van der Waals surface area (Å²) >= 11 is 3.43. The summed E-state index contributed by atoms with van der Waals surface area (Å²) in [6, 6.07) is 0. The molecular formula is C10H16BrNO. The first-order valence-electron chi connectivity index (χ1n) is 4.84. The number of likely N-dealkylation sites (tertiary alicyclic amines) is 1. The highest BCUT2D eigenvalue weighted by molar-refractivity contribution is 9.09. The number of halogens is 1. The van der Waals surface area contributed by atoms with Crippen molar-refractivity contribution < 1.29 is 4.74 Å². The fraction of sp³-hybridized carbons (Fsp3) is 0.800. The van der Waals surface area contributed by atoms with Gasteiger partial charge < -0.3 is 4.74 Å². The van der Waals surface area contributed by atoms with Gasteiger partial charge >= 0.3 is 0 Å². The van der Waals surface area contributed by atoms with Crippen molar-refractivity contribution in [3.05, 3.63) is 12.2 Å². The fourth-order valence-electron chi connectivity index (χ4n) is 2.25. The van der Waals surface area contributed by atoms with Crippen LogP contribution in [0.15, 0.2) is 12.2 Å². The number of alkyl halides is 1. The van der Waals surface area contributed by atoms with Crippen molar-refractivity contribution in [3.63, 3.8) is 0 Å². The van der Waals surface area contributed by atoms with Crippen LogP contribution in [-0.2, 0) is 4.74 Å². The number of hydrogen-bond acceptors (Lipinski definition) is 2. The predicted octanol–water partition coefficient (Wildman–Crippen LogP) is 1.66. The molecule has 74 valence electrons. The molecule has 0 aromatic carbocycles. The van der Waals surface area contributed by atoms with Gasteiger partial charge in [-0.2, -0.15) is 0 Å². The minimum Gasteiger partial charge on any atom is -0.377 e. The van der Waals surface area contributed by atoms with Crippen LogP contribution in [-0.4, -0.2) is 42.6 Å². The van der Waals surface area contributed by atoms with Gasteiger partial charge in [-0.15, -0.1) is 0 Å². The van der Waals surface area contributed by atoms with Crippen molar-refractivity contribution in [1.82, 2.24) is 4.90 Å². The third-order valence-electron chi connectivity index (χ3n) is 2.78. The summed E-state index contributed by atoms with van der Waals surface area (Å²) < 4.78 is 5.64. The van der Waals surface area contributed by atoms with E-state index in [1.165, 1.54) is 18.5 Å². The van der Waals surface area contributed by atoms with E-state index < -0.39 is 0 Å². The highest BCUT2D eigenvalue weighted by Crippen LogP contribution is 2.26. The highest BCUT2D eigenvalue weighted by atomic mass is 79.9. The third-order valence-corrected chi connectivity index (χ3v) is 3.57. The molecule has 2 atom stereocenters. The Balaban J connectivity index is 1.85. The molecule has 0 amide bonds. The normalized spacial score (nSPS) is 33.6. The van der Waals surface area contributed by atoms with E-state index in [4.69, 9.17) is 4.74 Å². The van der Waals surface area contributed by atoms with Crippen LogP contribution in [0.25, 0.3) is 0 Å². The molecule has 2 fully saturated rings. The lowest BCUT2D eigenvalue weighted by molar-refractivity contribution is 0.0876. The first-order valence-corrected chi connectivity index (χ1v) is 5.96. The van der Waals surface area contributed by atoms with E-state index in [0.29, 0.717) is 6.10 Å². The van der Waals surface area contributed by atoms with Gasteiger partial charge in [-0.25, -0.2) is 0 Å². The van der Waals surface area contributed by atoms with Gasteiger partial charge in [-0.05, 0) is 12.3 Å². The summed E-state index contributed by atoms with van der Waals surface area (Å²) in [7, 11) is 0. The van der Waals surface area contributed by atoms with Crippen LogP contribution >= 0.6 is 15.9 Å². The summed E-state index contributed by atoms with van der Waals surface area (Å²) in [5, 5.41) is 0.916. The number of hydrogen-bond donors (Lipinski definition) is 0. The largest absolute Gasteiger partial charge is 0.377 e. The Morgan fingerprint density at radius 1 is 1.54 bits per heavy atom. The van der Waals surface area contributed by atoms with Crippen LogP contribution in [0, 0.1) is 5.92 Å². The molecule has 0 saturated carbocycles. The Bertz CT molecular complexity index is 195. The van der Waals surface area contributed by atoms with Gasteiger partial charge in [0.05, 0.1) is 12.7 Å². The monoisotopic (exact) mass is 245 g/mol. The molecule has 2 nitrogen and oxygen atoms in total. The van der Waals surface area contributed by atoms with E-state index in [9.17, 15) is 0 Å². The topological polar surface area (TPSA) is 12.5 Å². The Kier molecular flexibility index (Phi) is 3.06. The number of rotatable bonds is 3. The molecule has 2 aliphatic rings. The summed E-state index contributed by atoms with van der Waals surface area (Å²) in [5.41, 5.74) is 1.27. The molecule has 2 aliphatic heterocycles. The lowest BCUT2D eigenvalue weighted by Gasteiger charge is -2.30. The number of ether oxygens (including phenoxy) is 1. The molecular weight excluding hydrogens is 230 g/mol. The van der Waals surface area contributed by atoms with Crippen LogP contribution < -0.4 is 0 Å². The van der Waals surface area contributed by atoms with E-state index in [1.54, 1.807) is 0 Å². The van der Waals surface area contributed by atoms with Crippen molar-refractivity contribution in [2.24, 2.45) is 5.92 Å². The zero-order valence-electron chi connectivity index (χ0n) is 7.84. The van der Waals surface area contributed by atoms with Crippen molar-refractivity contribution in [2.75, 3.05) is 31.6 Å². The molecule has 13 heavy (non-hydrogen) atoms. The van der Waals surface area contributed by atoms with Crippen molar-refractivity contribution in [3.8, 4) is 0 Å². The lowest BCUT2D eigenvalue weighted by atomic mass is 10.00. The molecule has 3 heteroatoms. The summed E-state index contributed by atoms with van der Waals surface area (Å²) in [6.07, 6.45) is 1.78. The standard InChI is InChI=1S/C10H16BrNO/c1-8(3-11)4-12-5-9-2-10(6-12)13-7-9/h9-10H,1-7H2. The molecule has 2 unspecified atom stereocenters. The fourth-order valence-corrected chi connectivity index (χ4v) is 2.43. The van der Waals surface area contributed by atoms with Gasteiger partial charge in [-0.1, -0.05) is 28.1 Å². The maximum atomic E-state index is 5.64. The molecule has 0 aromatic rings. The van der Waals surface area contributed by atoms with Crippen molar-refractivity contribution in [2.45, 2.75) is 12.5 Å². The molecule has 2 rings (SSSR count). The highest BCUT2D eigenvalue weighted by Gasteiger charge is 2.33. The Hall–Kier alpha value is 0.140. The minimum atomic E-state index is 0.502. The Morgan fingerprint density at radius 3 is 3.08 bits per heavy atom. The van der Waals surface area contributed by atoms with Crippen LogP contribution in [0.2, 0.25) is 0 Å². The number of piperidine rings is 1. The van der Waals surface area contributed by atoms with E-state index in [-0.39, 0.29) is 0 Å². The van der Waals surface area contributed by atoms with Crippen molar-refractivity contribution in [1.29, 1.82) is 0 Å². The quantitative estimate of drug-likeness (QED) is 0.554. The van der Waals surface area contributed by atoms with E-state index in [2.05, 4.69) is 27.4 Å². The maximum absolute atomic E-state index is 5.64. The minimum absolute atomic E-state index is 0.502. The SMILES string of the molecule is C=C(CBr)CN1CC2COC(C2)C1. The summed E-state index contributed by atoms with van der Waals surface area (Å²) in [5.74, 6) is 0.780. The molecule has 2 saturated heterocycles. The van der Waals surface area contributed by atoms with Gasteiger partial charge in [0.1, 0.15) is 0 Å². The van der Waals surface area contributed by atoms with Gasteiger partial charge in [-0.3, -0.25) is 4.90 Å². The van der Waals surface area contributed by atoms with Crippen molar-refractivity contribution >= 4 is 15.9 Å². The molecule has 0 spiro atoms. The van der Waals surface area contributed by atoms with Crippen LogP contribution in [0.1, 0.15) is 6.42 Å². The zero-order valence-corrected chi connectivity index (χ0v) is 9.42. The number of fused-ring (bicyclic) bond motifs is 2. The zero-order chi connectivity index (χ0) is 9.26. The molecule has 0 aromatic heterocycles. The molecule has 2 heterocycles. The summed E-state index contributed by atoms with van der Waals surface area (Å²) in [6.45, 7) is 8.31. The van der Waals surface area contributed by atoms with Gasteiger partial charge in [0.15, 0.2) is 0 Å². The van der Waals surface area contributed by atoms with Crippen LogP contribution in [0.3, 0.4) is 0 Å². The third kappa shape index (κ3) is 2.33. The first kappa shape index (κ1) is 9.69. The second-order valence-electron chi connectivity index (χ2n) is 4.13. The van der Waals surface area contributed by atoms with Gasteiger partial charge in [0.25, 0.3) is 0 Å². The number of nitrogens with zero attached hydrogens (tertiary/aromatic N) is 1. The van der Waals surface area contributed by atoms with Crippen LogP contribution in [0.5, 0.6) is 0 Å². The summed E-state index contributed by atoms with van der Waals surface area (Å²) in [4.78, 5) is 2.47. The maximum Gasteiger partial charge on any atom is 0.0706 e. The van der Waals surface area contributed by atoms with E-state index in [1.807, 2.05) is 0 Å². The predicted molar refractivity (Wildman–Crippen MR) is 57.2 cm³/mol. The van der Waals surface area contributed by atoms with E-state index >= 15 is 0 Å². The average Bonchev–Trinajstić information content (AvgIpc) is 2.46. The molecule has 2 bridgehead atoms. The second kappa shape index (κ2) is 4.11.